The molecule has 3 fully saturated rings. The van der Waals surface area contributed by atoms with Crippen molar-refractivity contribution < 1.29 is 14.3 Å². The Balaban J connectivity index is 1.64. The Hall–Kier alpha value is -1.38. The highest BCUT2D eigenvalue weighted by molar-refractivity contribution is 6.00. The zero-order valence-electron chi connectivity index (χ0n) is 18.8. The third kappa shape index (κ3) is 3.24. The van der Waals surface area contributed by atoms with Gasteiger partial charge in [-0.15, -0.1) is 6.58 Å². The average molecular weight is 399 g/mol. The van der Waals surface area contributed by atoms with Crippen molar-refractivity contribution in [2.24, 2.45) is 34.5 Å². The van der Waals surface area contributed by atoms with Gasteiger partial charge in [-0.25, -0.2) is 0 Å². The van der Waals surface area contributed by atoms with Gasteiger partial charge in [-0.05, 0) is 85.9 Å². The SMILES string of the molecule is C=CC[C@@H](C)[C@H]1CC(=O)C2=C3CC[C@H]4CC(OC(C)=O)CC[C@]4(C)[C@H]3CC[C@@]21C. The minimum atomic E-state index is -0.151. The van der Waals surface area contributed by atoms with Gasteiger partial charge in [0.2, 0.25) is 0 Å². The topological polar surface area (TPSA) is 43.4 Å². The van der Waals surface area contributed by atoms with Crippen LogP contribution in [-0.4, -0.2) is 17.9 Å². The second-order valence-electron chi connectivity index (χ2n) is 10.9. The molecule has 4 aliphatic carbocycles. The number of esters is 1. The molecular weight excluding hydrogens is 360 g/mol. The maximum absolute atomic E-state index is 13.3. The van der Waals surface area contributed by atoms with Crippen molar-refractivity contribution >= 4 is 11.8 Å². The van der Waals surface area contributed by atoms with Gasteiger partial charge in [-0.1, -0.05) is 32.4 Å². The molecule has 0 aromatic heterocycles. The van der Waals surface area contributed by atoms with Gasteiger partial charge in [-0.2, -0.15) is 0 Å². The van der Waals surface area contributed by atoms with Crippen LogP contribution < -0.4 is 0 Å². The summed E-state index contributed by atoms with van der Waals surface area (Å²) >= 11 is 0. The number of hydrogen-bond donors (Lipinski definition) is 0. The maximum atomic E-state index is 13.3. The molecule has 0 amide bonds. The first kappa shape index (κ1) is 20.9. The van der Waals surface area contributed by atoms with E-state index in [4.69, 9.17) is 4.74 Å². The molecule has 0 aromatic carbocycles. The number of carbonyl (C=O) groups is 2. The van der Waals surface area contributed by atoms with Crippen molar-refractivity contribution in [2.45, 2.75) is 91.6 Å². The maximum Gasteiger partial charge on any atom is 0.302 e. The third-order valence-corrected chi connectivity index (χ3v) is 9.37. The van der Waals surface area contributed by atoms with Crippen LogP contribution in [0.1, 0.15) is 85.5 Å². The molecule has 0 aliphatic heterocycles. The molecule has 0 saturated heterocycles. The summed E-state index contributed by atoms with van der Waals surface area (Å²) in [5.41, 5.74) is 3.06. The van der Waals surface area contributed by atoms with Gasteiger partial charge in [0.05, 0.1) is 0 Å². The van der Waals surface area contributed by atoms with Gasteiger partial charge in [0, 0.05) is 18.9 Å². The minimum absolute atomic E-state index is 0.0590. The third-order valence-electron chi connectivity index (χ3n) is 9.37. The molecule has 0 heterocycles. The lowest BCUT2D eigenvalue weighted by atomic mass is 9.48. The van der Waals surface area contributed by atoms with Gasteiger partial charge in [0.25, 0.3) is 0 Å². The van der Waals surface area contributed by atoms with Crippen molar-refractivity contribution in [1.82, 2.24) is 0 Å². The number of fused-ring (bicyclic) bond motifs is 4. The molecular formula is C26H38O3. The van der Waals surface area contributed by atoms with E-state index in [1.165, 1.54) is 24.5 Å². The molecule has 0 aromatic rings. The molecule has 0 bridgehead atoms. The van der Waals surface area contributed by atoms with E-state index in [-0.39, 0.29) is 22.9 Å². The lowest BCUT2D eigenvalue weighted by Gasteiger charge is -2.56. The van der Waals surface area contributed by atoms with Gasteiger partial charge < -0.3 is 4.74 Å². The van der Waals surface area contributed by atoms with Crippen molar-refractivity contribution in [3.05, 3.63) is 23.8 Å². The fourth-order valence-corrected chi connectivity index (χ4v) is 7.92. The molecule has 0 N–H and O–H groups in total. The zero-order valence-corrected chi connectivity index (χ0v) is 18.8. The molecule has 29 heavy (non-hydrogen) atoms. The Bertz CT molecular complexity index is 749. The molecule has 4 rings (SSSR count). The van der Waals surface area contributed by atoms with Crippen LogP contribution >= 0.6 is 0 Å². The molecule has 4 aliphatic rings. The van der Waals surface area contributed by atoms with Crippen LogP contribution in [0.25, 0.3) is 0 Å². The predicted molar refractivity (Wildman–Crippen MR) is 115 cm³/mol. The van der Waals surface area contributed by atoms with Crippen LogP contribution in [0, 0.1) is 34.5 Å². The van der Waals surface area contributed by atoms with Gasteiger partial charge in [-0.3, -0.25) is 9.59 Å². The smallest absolute Gasteiger partial charge is 0.302 e. The van der Waals surface area contributed by atoms with E-state index in [1.54, 1.807) is 0 Å². The van der Waals surface area contributed by atoms with Crippen LogP contribution in [0.2, 0.25) is 0 Å². The standard InChI is InChI=1S/C26H38O3/c1-6-7-16(2)22-15-23(28)24-20-9-8-18-14-19(29-17(3)27)10-12-25(18,4)21(20)11-13-26(22,24)5/h6,16,18-19,21-22H,1,7-15H2,2-5H3/t16-,18+,19?,21+,22-,25+,26-/m1/s1. The first-order valence-electron chi connectivity index (χ1n) is 11.8. The summed E-state index contributed by atoms with van der Waals surface area (Å²) in [6.07, 6.45) is 11.5. The van der Waals surface area contributed by atoms with Gasteiger partial charge in [0.15, 0.2) is 5.78 Å². The fraction of sp³-hybridized carbons (Fsp3) is 0.769. The highest BCUT2D eigenvalue weighted by Gasteiger charge is 2.58. The molecule has 160 valence electrons. The first-order chi connectivity index (χ1) is 13.7. The predicted octanol–water partition coefficient (Wildman–Crippen LogP) is 6.03. The largest absolute Gasteiger partial charge is 0.463 e. The van der Waals surface area contributed by atoms with Crippen molar-refractivity contribution in [2.75, 3.05) is 0 Å². The van der Waals surface area contributed by atoms with Gasteiger partial charge >= 0.3 is 5.97 Å². The van der Waals surface area contributed by atoms with E-state index in [2.05, 4.69) is 27.4 Å². The Morgan fingerprint density at radius 2 is 2.03 bits per heavy atom. The second-order valence-corrected chi connectivity index (χ2v) is 10.9. The van der Waals surface area contributed by atoms with Crippen molar-refractivity contribution in [3.63, 3.8) is 0 Å². The summed E-state index contributed by atoms with van der Waals surface area (Å²) in [6, 6.07) is 0. The first-order valence-corrected chi connectivity index (χ1v) is 11.8. The molecule has 1 unspecified atom stereocenters. The Labute approximate surface area is 176 Å². The average Bonchev–Trinajstić information content (AvgIpc) is 2.93. The summed E-state index contributed by atoms with van der Waals surface area (Å²) in [5, 5.41) is 0. The number of hydrogen-bond acceptors (Lipinski definition) is 3. The summed E-state index contributed by atoms with van der Waals surface area (Å²) in [7, 11) is 0. The highest BCUT2D eigenvalue weighted by Crippen LogP contribution is 2.65. The zero-order chi connectivity index (χ0) is 21.0. The van der Waals surface area contributed by atoms with Crippen LogP contribution in [0.15, 0.2) is 23.8 Å². The number of Topliss-reactive ketones (excluding diaryl/α,β-unsaturated/α-hetero) is 1. The Morgan fingerprint density at radius 3 is 2.72 bits per heavy atom. The van der Waals surface area contributed by atoms with E-state index in [0.717, 1.165) is 51.4 Å². The normalized spacial score (nSPS) is 42.6. The van der Waals surface area contributed by atoms with Crippen LogP contribution in [0.4, 0.5) is 0 Å². The van der Waals surface area contributed by atoms with E-state index in [1.807, 2.05) is 6.08 Å². The fourth-order valence-electron chi connectivity index (χ4n) is 7.92. The number of carbonyl (C=O) groups excluding carboxylic acids is 2. The summed E-state index contributed by atoms with van der Waals surface area (Å²) in [6.45, 7) is 12.6. The number of ether oxygens (including phenoxy) is 1. The van der Waals surface area contributed by atoms with E-state index in [0.29, 0.717) is 29.5 Å². The van der Waals surface area contributed by atoms with Crippen molar-refractivity contribution in [3.8, 4) is 0 Å². The van der Waals surface area contributed by atoms with Crippen LogP contribution in [0.5, 0.6) is 0 Å². The Morgan fingerprint density at radius 1 is 1.28 bits per heavy atom. The molecule has 3 nitrogen and oxygen atoms in total. The number of allylic oxidation sites excluding steroid dienone is 3. The molecule has 3 heteroatoms. The minimum Gasteiger partial charge on any atom is -0.463 e. The quantitative estimate of drug-likeness (QED) is 0.429. The molecule has 0 radical (unpaired) electrons. The molecule has 0 spiro atoms. The van der Waals surface area contributed by atoms with E-state index >= 15 is 0 Å². The van der Waals surface area contributed by atoms with Crippen LogP contribution in [-0.2, 0) is 14.3 Å². The summed E-state index contributed by atoms with van der Waals surface area (Å²) in [5.74, 6) is 2.40. The molecule has 7 atom stereocenters. The van der Waals surface area contributed by atoms with Crippen molar-refractivity contribution in [1.29, 1.82) is 0 Å². The lowest BCUT2D eigenvalue weighted by Crippen LogP contribution is -2.49. The number of ketones is 1. The van der Waals surface area contributed by atoms with Crippen LogP contribution in [0.3, 0.4) is 0 Å². The van der Waals surface area contributed by atoms with Gasteiger partial charge in [0.1, 0.15) is 6.10 Å². The van der Waals surface area contributed by atoms with E-state index < -0.39 is 0 Å². The second kappa shape index (κ2) is 7.39. The Kier molecular flexibility index (Phi) is 5.32. The lowest BCUT2D eigenvalue weighted by molar-refractivity contribution is -0.152. The number of rotatable bonds is 4. The highest BCUT2D eigenvalue weighted by atomic mass is 16.5. The molecule has 3 saturated carbocycles. The summed E-state index contributed by atoms with van der Waals surface area (Å²) in [4.78, 5) is 24.7. The summed E-state index contributed by atoms with van der Waals surface area (Å²) < 4.78 is 5.57. The monoisotopic (exact) mass is 398 g/mol. The van der Waals surface area contributed by atoms with E-state index in [9.17, 15) is 9.59 Å².